The molecule has 164 valence electrons. The molecule has 0 aromatic heterocycles. The summed E-state index contributed by atoms with van der Waals surface area (Å²) >= 11 is 0. The van der Waals surface area contributed by atoms with Gasteiger partial charge in [-0.2, -0.15) is 0 Å². The van der Waals surface area contributed by atoms with Crippen molar-refractivity contribution in [1.29, 1.82) is 0 Å². The smallest absolute Gasteiger partial charge is 0.255 e. The molecule has 0 heterocycles. The molecule has 1 unspecified atom stereocenters. The highest BCUT2D eigenvalue weighted by Gasteiger charge is 2.19. The van der Waals surface area contributed by atoms with Gasteiger partial charge in [-0.3, -0.25) is 4.79 Å². The second-order valence-electron chi connectivity index (χ2n) is 6.07. The summed E-state index contributed by atoms with van der Waals surface area (Å²) in [4.78, 5) is 12.2. The molecule has 0 fully saturated rings. The Morgan fingerprint density at radius 2 is 1.67 bits per heavy atom. The Balaban J connectivity index is 2.04. The summed E-state index contributed by atoms with van der Waals surface area (Å²) in [7, 11) is 0.290. The van der Waals surface area contributed by atoms with E-state index in [1.54, 1.807) is 18.2 Å². The Morgan fingerprint density at radius 1 is 1.07 bits per heavy atom. The van der Waals surface area contributed by atoms with Crippen molar-refractivity contribution in [3.8, 4) is 23.0 Å². The van der Waals surface area contributed by atoms with Crippen LogP contribution in [0.15, 0.2) is 41.3 Å². The first-order valence-electron chi connectivity index (χ1n) is 8.72. The van der Waals surface area contributed by atoms with Crippen LogP contribution < -0.4 is 29.4 Å². The number of ether oxygens (including phenoxy) is 4. The molecule has 0 saturated heterocycles. The van der Waals surface area contributed by atoms with E-state index in [1.807, 2.05) is 0 Å². The lowest BCUT2D eigenvalue weighted by atomic mass is 10.2. The largest absolute Gasteiger partial charge is 0.496 e. The Morgan fingerprint density at radius 3 is 2.20 bits per heavy atom. The fraction of sp³-hybridized carbons (Fsp3) is 0.316. The van der Waals surface area contributed by atoms with Crippen LogP contribution in [0, 0.1) is 0 Å². The van der Waals surface area contributed by atoms with Crippen LogP contribution in [0.25, 0.3) is 0 Å². The highest BCUT2D eigenvalue weighted by atomic mass is 32.2. The number of nitrogens with two attached hydrogens (primary N) is 1. The van der Waals surface area contributed by atoms with Crippen molar-refractivity contribution in [2.75, 3.05) is 34.5 Å². The number of aliphatic hydroxyl groups is 1. The van der Waals surface area contributed by atoms with Gasteiger partial charge >= 0.3 is 0 Å². The van der Waals surface area contributed by atoms with Crippen LogP contribution in [-0.2, 0) is 10.0 Å². The van der Waals surface area contributed by atoms with E-state index in [-0.39, 0.29) is 29.4 Å². The second-order valence-corrected chi connectivity index (χ2v) is 7.64. The maximum absolute atomic E-state index is 12.5. The fourth-order valence-electron chi connectivity index (χ4n) is 2.55. The summed E-state index contributed by atoms with van der Waals surface area (Å²) in [5.41, 5.74) is -0.0384. The highest BCUT2D eigenvalue weighted by Crippen LogP contribution is 2.36. The van der Waals surface area contributed by atoms with Crippen molar-refractivity contribution in [2.24, 2.45) is 5.14 Å². The molecule has 0 bridgehead atoms. The van der Waals surface area contributed by atoms with E-state index >= 15 is 0 Å². The number of amides is 1. The number of aliphatic hydroxyl groups excluding tert-OH is 1. The molecule has 2 rings (SSSR count). The summed E-state index contributed by atoms with van der Waals surface area (Å²) in [6, 6.07) is 8.74. The first-order valence-corrected chi connectivity index (χ1v) is 10.3. The molecule has 1 amide bonds. The van der Waals surface area contributed by atoms with Crippen molar-refractivity contribution in [3.63, 3.8) is 0 Å². The Labute approximate surface area is 174 Å². The zero-order valence-corrected chi connectivity index (χ0v) is 17.6. The van der Waals surface area contributed by atoms with Gasteiger partial charge in [0.15, 0.2) is 11.5 Å². The van der Waals surface area contributed by atoms with Crippen LogP contribution in [0.4, 0.5) is 0 Å². The third kappa shape index (κ3) is 5.75. The van der Waals surface area contributed by atoms with Crippen LogP contribution in [0.2, 0.25) is 0 Å². The van der Waals surface area contributed by atoms with Gasteiger partial charge in [-0.15, -0.1) is 0 Å². The summed E-state index contributed by atoms with van der Waals surface area (Å²) in [6.45, 7) is -0.329. The van der Waals surface area contributed by atoms with Gasteiger partial charge in [0.25, 0.3) is 5.91 Å². The molecule has 10 nitrogen and oxygen atoms in total. The number of primary sulfonamides is 1. The third-order valence-corrected chi connectivity index (χ3v) is 4.96. The molecule has 0 saturated carbocycles. The van der Waals surface area contributed by atoms with Gasteiger partial charge in [0.05, 0.1) is 31.8 Å². The molecule has 0 aliphatic heterocycles. The molecule has 4 N–H and O–H groups in total. The number of hydrogen-bond acceptors (Lipinski definition) is 8. The molecular formula is C19H24N2O8S. The Bertz CT molecular complexity index is 972. The molecule has 0 radical (unpaired) electrons. The molecule has 2 aromatic carbocycles. The topological polar surface area (TPSA) is 146 Å². The van der Waals surface area contributed by atoms with Crippen LogP contribution in [0.5, 0.6) is 23.0 Å². The van der Waals surface area contributed by atoms with Gasteiger partial charge in [-0.1, -0.05) is 6.07 Å². The van der Waals surface area contributed by atoms with E-state index in [2.05, 4.69) is 5.32 Å². The third-order valence-electron chi connectivity index (χ3n) is 4.05. The molecule has 0 aliphatic rings. The maximum Gasteiger partial charge on any atom is 0.255 e. The number of nitrogens with one attached hydrogen (secondary N) is 1. The van der Waals surface area contributed by atoms with Gasteiger partial charge in [0.2, 0.25) is 15.8 Å². The lowest BCUT2D eigenvalue weighted by Crippen LogP contribution is -2.35. The molecule has 2 aromatic rings. The van der Waals surface area contributed by atoms with Gasteiger partial charge in [0, 0.05) is 6.54 Å². The van der Waals surface area contributed by atoms with E-state index in [1.165, 1.54) is 33.5 Å². The van der Waals surface area contributed by atoms with Crippen molar-refractivity contribution in [3.05, 3.63) is 42.0 Å². The van der Waals surface area contributed by atoms with Crippen molar-refractivity contribution < 1.29 is 37.3 Å². The van der Waals surface area contributed by atoms with Crippen LogP contribution in [0.1, 0.15) is 10.4 Å². The summed E-state index contributed by atoms with van der Waals surface area (Å²) in [5.74, 6) is 0.677. The second kappa shape index (κ2) is 10.1. The van der Waals surface area contributed by atoms with Gasteiger partial charge in [-0.25, -0.2) is 13.6 Å². The van der Waals surface area contributed by atoms with Crippen molar-refractivity contribution in [2.45, 2.75) is 11.0 Å². The molecule has 0 aliphatic carbocycles. The zero-order valence-electron chi connectivity index (χ0n) is 16.7. The summed E-state index contributed by atoms with van der Waals surface area (Å²) < 4.78 is 44.1. The fourth-order valence-corrected chi connectivity index (χ4v) is 3.08. The van der Waals surface area contributed by atoms with Crippen molar-refractivity contribution >= 4 is 15.9 Å². The van der Waals surface area contributed by atoms with E-state index in [4.69, 9.17) is 24.1 Å². The zero-order chi connectivity index (χ0) is 22.3. The first kappa shape index (κ1) is 23.3. The van der Waals surface area contributed by atoms with Gasteiger partial charge < -0.3 is 29.4 Å². The minimum atomic E-state index is -4.00. The van der Waals surface area contributed by atoms with Gasteiger partial charge in [-0.05, 0) is 30.3 Å². The molecular weight excluding hydrogens is 416 g/mol. The number of carbonyl (C=O) groups is 1. The first-order chi connectivity index (χ1) is 14.2. The molecule has 0 spiro atoms. The predicted octanol–water partition coefficient (Wildman–Crippen LogP) is 0.530. The maximum atomic E-state index is 12.5. The lowest BCUT2D eigenvalue weighted by Gasteiger charge is -2.17. The predicted molar refractivity (Wildman–Crippen MR) is 108 cm³/mol. The van der Waals surface area contributed by atoms with E-state index < -0.39 is 22.0 Å². The van der Waals surface area contributed by atoms with Crippen LogP contribution >= 0.6 is 0 Å². The molecule has 1 atom stereocenters. The van der Waals surface area contributed by atoms with Crippen LogP contribution in [0.3, 0.4) is 0 Å². The normalized spacial score (nSPS) is 12.0. The number of para-hydroxylation sites is 1. The minimum absolute atomic E-state index is 0.0384. The Hall–Kier alpha value is -3.02. The monoisotopic (exact) mass is 440 g/mol. The van der Waals surface area contributed by atoms with E-state index in [0.717, 1.165) is 6.07 Å². The average molecular weight is 440 g/mol. The number of rotatable bonds is 10. The number of benzene rings is 2. The summed E-state index contributed by atoms with van der Waals surface area (Å²) in [6.07, 6.45) is -1.07. The minimum Gasteiger partial charge on any atom is -0.496 e. The van der Waals surface area contributed by atoms with E-state index in [0.29, 0.717) is 17.2 Å². The summed E-state index contributed by atoms with van der Waals surface area (Å²) in [5, 5.41) is 17.8. The quantitative estimate of drug-likeness (QED) is 0.485. The number of methoxy groups -OCH3 is 3. The number of carbonyl (C=O) groups excluding carboxylic acids is 1. The molecule has 30 heavy (non-hydrogen) atoms. The van der Waals surface area contributed by atoms with E-state index in [9.17, 15) is 18.3 Å². The van der Waals surface area contributed by atoms with Gasteiger partial charge in [0.1, 0.15) is 18.5 Å². The van der Waals surface area contributed by atoms with Crippen molar-refractivity contribution in [1.82, 2.24) is 5.32 Å². The number of sulfonamides is 1. The average Bonchev–Trinajstić information content (AvgIpc) is 2.74. The lowest BCUT2D eigenvalue weighted by molar-refractivity contribution is 0.0831. The Kier molecular flexibility index (Phi) is 7.86. The SMILES string of the molecule is COc1ccc(S(N)(=O)=O)cc1C(=O)NCC(O)COc1c(OC)cccc1OC. The number of hydrogen-bond donors (Lipinski definition) is 3. The van der Waals surface area contributed by atoms with Crippen LogP contribution in [-0.4, -0.2) is 60.0 Å². The molecule has 11 heteroatoms. The standard InChI is InChI=1S/C19H24N2O8S/c1-26-15-8-7-13(30(20,24)25)9-14(15)19(23)21-10-12(22)11-29-18-16(27-2)5-4-6-17(18)28-3/h4-9,12,22H,10-11H2,1-3H3,(H,21,23)(H2,20,24,25). The highest BCUT2D eigenvalue weighted by molar-refractivity contribution is 7.89.